The smallest absolute Gasteiger partial charge is 0.222 e. The molecule has 6 heteroatoms. The van der Waals surface area contributed by atoms with Crippen molar-refractivity contribution in [1.82, 2.24) is 15.5 Å². The fourth-order valence-corrected chi connectivity index (χ4v) is 2.93. The molecule has 1 unspecified atom stereocenters. The van der Waals surface area contributed by atoms with Crippen molar-refractivity contribution in [3.8, 4) is 5.75 Å². The Morgan fingerprint density at radius 3 is 2.72 bits per heavy atom. The maximum absolute atomic E-state index is 11.8. The first-order valence-corrected chi connectivity index (χ1v) is 9.11. The van der Waals surface area contributed by atoms with E-state index in [4.69, 9.17) is 4.74 Å². The number of guanidine groups is 1. The number of carbonyl (C=O) groups excluding carboxylic acids is 1. The minimum atomic E-state index is 0.228. The van der Waals surface area contributed by atoms with Crippen LogP contribution in [0.1, 0.15) is 32.3 Å². The Morgan fingerprint density at radius 2 is 2.08 bits per heavy atom. The number of carbonyl (C=O) groups is 1. The van der Waals surface area contributed by atoms with Crippen molar-refractivity contribution >= 4 is 11.9 Å². The van der Waals surface area contributed by atoms with Gasteiger partial charge in [-0.3, -0.25) is 9.79 Å². The summed E-state index contributed by atoms with van der Waals surface area (Å²) in [6.45, 7) is 7.09. The highest BCUT2D eigenvalue weighted by Crippen LogP contribution is 2.12. The molecule has 1 heterocycles. The van der Waals surface area contributed by atoms with Crippen molar-refractivity contribution in [1.29, 1.82) is 0 Å². The SMILES string of the molecule is CCNC(=NCCc1ccc(OC)cc1)NC1CCN(C(=O)CC)C1. The molecule has 2 rings (SSSR count). The third-order valence-corrected chi connectivity index (χ3v) is 4.36. The van der Waals surface area contributed by atoms with Gasteiger partial charge >= 0.3 is 0 Å². The summed E-state index contributed by atoms with van der Waals surface area (Å²) in [6, 6.07) is 8.36. The number of aliphatic imine (C=N–C) groups is 1. The van der Waals surface area contributed by atoms with Gasteiger partial charge in [-0.15, -0.1) is 0 Å². The molecule has 2 N–H and O–H groups in total. The third kappa shape index (κ3) is 5.96. The average Bonchev–Trinajstić information content (AvgIpc) is 3.10. The van der Waals surface area contributed by atoms with Gasteiger partial charge in [-0.05, 0) is 37.5 Å². The number of nitrogens with zero attached hydrogens (tertiary/aromatic N) is 2. The molecular weight excluding hydrogens is 316 g/mol. The summed E-state index contributed by atoms with van der Waals surface area (Å²) in [7, 11) is 1.67. The van der Waals surface area contributed by atoms with Crippen LogP contribution < -0.4 is 15.4 Å². The minimum Gasteiger partial charge on any atom is -0.497 e. The van der Waals surface area contributed by atoms with Crippen LogP contribution >= 0.6 is 0 Å². The van der Waals surface area contributed by atoms with Gasteiger partial charge < -0.3 is 20.3 Å². The predicted molar refractivity (Wildman–Crippen MR) is 101 cm³/mol. The van der Waals surface area contributed by atoms with Crippen LogP contribution in [-0.2, 0) is 11.2 Å². The normalized spacial score (nSPS) is 17.5. The van der Waals surface area contributed by atoms with E-state index in [-0.39, 0.29) is 11.9 Å². The number of benzene rings is 1. The molecule has 0 spiro atoms. The molecule has 6 nitrogen and oxygen atoms in total. The number of methoxy groups -OCH3 is 1. The Bertz CT molecular complexity index is 571. The highest BCUT2D eigenvalue weighted by molar-refractivity contribution is 5.80. The average molecular weight is 346 g/mol. The predicted octanol–water partition coefficient (Wildman–Crippen LogP) is 1.80. The fourth-order valence-electron chi connectivity index (χ4n) is 2.93. The van der Waals surface area contributed by atoms with Gasteiger partial charge in [0.2, 0.25) is 5.91 Å². The lowest BCUT2D eigenvalue weighted by Crippen LogP contribution is -2.45. The van der Waals surface area contributed by atoms with Crippen molar-refractivity contribution in [3.05, 3.63) is 29.8 Å². The van der Waals surface area contributed by atoms with Crippen molar-refractivity contribution < 1.29 is 9.53 Å². The van der Waals surface area contributed by atoms with Crippen LogP contribution in [0.4, 0.5) is 0 Å². The summed E-state index contributed by atoms with van der Waals surface area (Å²) in [5.74, 6) is 1.92. The monoisotopic (exact) mass is 346 g/mol. The molecule has 138 valence electrons. The van der Waals surface area contributed by atoms with Crippen LogP contribution in [-0.4, -0.2) is 56.1 Å². The molecule has 1 aliphatic heterocycles. The van der Waals surface area contributed by atoms with Gasteiger partial charge in [0.1, 0.15) is 5.75 Å². The van der Waals surface area contributed by atoms with E-state index in [1.165, 1.54) is 5.56 Å². The standard InChI is InChI=1S/C19H30N4O2/c1-4-18(24)23-13-11-16(14-23)22-19(20-5-2)21-12-10-15-6-8-17(25-3)9-7-15/h6-9,16H,4-5,10-14H2,1-3H3,(H2,20,21,22). The van der Waals surface area contributed by atoms with E-state index in [1.54, 1.807) is 7.11 Å². The van der Waals surface area contributed by atoms with E-state index in [9.17, 15) is 4.79 Å². The van der Waals surface area contributed by atoms with Gasteiger partial charge in [0.25, 0.3) is 0 Å². The molecule has 1 aromatic rings. The van der Waals surface area contributed by atoms with E-state index in [0.717, 1.165) is 44.2 Å². The summed E-state index contributed by atoms with van der Waals surface area (Å²) in [6.07, 6.45) is 2.42. The quantitative estimate of drug-likeness (QED) is 0.584. The van der Waals surface area contributed by atoms with Crippen LogP contribution in [0.5, 0.6) is 5.75 Å². The van der Waals surface area contributed by atoms with E-state index in [0.29, 0.717) is 13.0 Å². The number of rotatable bonds is 7. The van der Waals surface area contributed by atoms with Crippen LogP contribution in [0.2, 0.25) is 0 Å². The zero-order valence-corrected chi connectivity index (χ0v) is 15.5. The summed E-state index contributed by atoms with van der Waals surface area (Å²) < 4.78 is 5.18. The molecule has 1 amide bonds. The maximum atomic E-state index is 11.8. The molecule has 0 aromatic heterocycles. The van der Waals surface area contributed by atoms with E-state index in [1.807, 2.05) is 24.0 Å². The minimum absolute atomic E-state index is 0.228. The second-order valence-corrected chi connectivity index (χ2v) is 6.18. The third-order valence-electron chi connectivity index (χ3n) is 4.36. The summed E-state index contributed by atoms with van der Waals surface area (Å²) in [5, 5.41) is 6.74. The van der Waals surface area contributed by atoms with Crippen molar-refractivity contribution in [2.75, 3.05) is 33.3 Å². The van der Waals surface area contributed by atoms with E-state index < -0.39 is 0 Å². The largest absolute Gasteiger partial charge is 0.497 e. The Balaban J connectivity index is 1.84. The molecular formula is C19H30N4O2. The van der Waals surface area contributed by atoms with Gasteiger partial charge in [-0.2, -0.15) is 0 Å². The van der Waals surface area contributed by atoms with Gasteiger partial charge in [-0.25, -0.2) is 0 Å². The molecule has 0 radical (unpaired) electrons. The number of hydrogen-bond donors (Lipinski definition) is 2. The van der Waals surface area contributed by atoms with Crippen LogP contribution in [0.3, 0.4) is 0 Å². The van der Waals surface area contributed by atoms with E-state index in [2.05, 4.69) is 34.7 Å². The summed E-state index contributed by atoms with van der Waals surface area (Å²) >= 11 is 0. The molecule has 25 heavy (non-hydrogen) atoms. The van der Waals surface area contributed by atoms with Gasteiger partial charge in [0.05, 0.1) is 7.11 Å². The topological polar surface area (TPSA) is 66.0 Å². The van der Waals surface area contributed by atoms with Crippen LogP contribution in [0.15, 0.2) is 29.3 Å². The summed E-state index contributed by atoms with van der Waals surface area (Å²) in [4.78, 5) is 18.4. The second-order valence-electron chi connectivity index (χ2n) is 6.18. The first kappa shape index (κ1) is 19.1. The number of ether oxygens (including phenoxy) is 1. The first-order chi connectivity index (χ1) is 12.2. The number of likely N-dealkylation sites (tertiary alicyclic amines) is 1. The molecule has 1 atom stereocenters. The zero-order valence-electron chi connectivity index (χ0n) is 15.5. The molecule has 1 fully saturated rings. The Kier molecular flexibility index (Phi) is 7.57. The molecule has 1 aromatic carbocycles. The fraction of sp³-hybridized carbons (Fsp3) is 0.579. The lowest BCUT2D eigenvalue weighted by Gasteiger charge is -2.18. The van der Waals surface area contributed by atoms with Crippen molar-refractivity contribution in [2.45, 2.75) is 39.2 Å². The molecule has 0 aliphatic carbocycles. The zero-order chi connectivity index (χ0) is 18.1. The lowest BCUT2D eigenvalue weighted by molar-refractivity contribution is -0.129. The summed E-state index contributed by atoms with van der Waals surface area (Å²) in [5.41, 5.74) is 1.24. The van der Waals surface area contributed by atoms with Crippen LogP contribution in [0, 0.1) is 0 Å². The van der Waals surface area contributed by atoms with Crippen molar-refractivity contribution in [2.24, 2.45) is 4.99 Å². The van der Waals surface area contributed by atoms with Gasteiger partial charge in [0.15, 0.2) is 5.96 Å². The molecule has 0 saturated carbocycles. The number of amides is 1. The lowest BCUT2D eigenvalue weighted by atomic mass is 10.1. The molecule has 1 saturated heterocycles. The Labute approximate surface area is 150 Å². The van der Waals surface area contributed by atoms with E-state index >= 15 is 0 Å². The van der Waals surface area contributed by atoms with Crippen LogP contribution in [0.25, 0.3) is 0 Å². The van der Waals surface area contributed by atoms with Gasteiger partial charge in [0, 0.05) is 38.6 Å². The highest BCUT2D eigenvalue weighted by atomic mass is 16.5. The highest BCUT2D eigenvalue weighted by Gasteiger charge is 2.25. The Morgan fingerprint density at radius 1 is 1.32 bits per heavy atom. The Hall–Kier alpha value is -2.24. The number of hydrogen-bond acceptors (Lipinski definition) is 3. The second kappa shape index (κ2) is 9.91. The molecule has 0 bridgehead atoms. The number of nitrogens with one attached hydrogen (secondary N) is 2. The van der Waals surface area contributed by atoms with Gasteiger partial charge in [-0.1, -0.05) is 19.1 Å². The van der Waals surface area contributed by atoms with Crippen molar-refractivity contribution in [3.63, 3.8) is 0 Å². The first-order valence-electron chi connectivity index (χ1n) is 9.11. The maximum Gasteiger partial charge on any atom is 0.222 e. The molecule has 1 aliphatic rings.